The summed E-state index contributed by atoms with van der Waals surface area (Å²) >= 11 is 8.36. The second-order valence-corrected chi connectivity index (χ2v) is 6.86. The van der Waals surface area contributed by atoms with Gasteiger partial charge in [-0.3, -0.25) is 9.36 Å². The lowest BCUT2D eigenvalue weighted by Gasteiger charge is -2.16. The van der Waals surface area contributed by atoms with Gasteiger partial charge in [-0.15, -0.1) is 0 Å². The standard InChI is InChI=1S/C15H12ClIN4O2/c1-8(2)20-13-12(18-5-6-19-13)14(22)21(15(20)23)11-4-3-9(17)7-10(11)16/h3-8H,1-2H3. The molecule has 0 spiro atoms. The first-order chi connectivity index (χ1) is 10.9. The van der Waals surface area contributed by atoms with Crippen LogP contribution in [0.25, 0.3) is 16.9 Å². The van der Waals surface area contributed by atoms with Crippen LogP contribution < -0.4 is 11.2 Å². The predicted molar refractivity (Wildman–Crippen MR) is 97.5 cm³/mol. The predicted octanol–water partition coefficient (Wildman–Crippen LogP) is 2.78. The second-order valence-electron chi connectivity index (χ2n) is 5.21. The van der Waals surface area contributed by atoms with Crippen LogP contribution in [-0.4, -0.2) is 19.1 Å². The van der Waals surface area contributed by atoms with Crippen LogP contribution in [0, 0.1) is 3.57 Å². The zero-order valence-electron chi connectivity index (χ0n) is 12.3. The molecule has 0 unspecified atom stereocenters. The number of benzene rings is 1. The zero-order chi connectivity index (χ0) is 16.7. The van der Waals surface area contributed by atoms with Gasteiger partial charge in [0.1, 0.15) is 0 Å². The fourth-order valence-electron chi connectivity index (χ4n) is 2.39. The van der Waals surface area contributed by atoms with Gasteiger partial charge >= 0.3 is 5.69 Å². The average molecular weight is 443 g/mol. The summed E-state index contributed by atoms with van der Waals surface area (Å²) in [4.78, 5) is 33.9. The molecule has 0 aliphatic carbocycles. The molecule has 0 saturated heterocycles. The fraction of sp³-hybridized carbons (Fsp3) is 0.200. The minimum atomic E-state index is -0.530. The highest BCUT2D eigenvalue weighted by molar-refractivity contribution is 14.1. The second kappa shape index (κ2) is 6.04. The fourth-order valence-corrected chi connectivity index (χ4v) is 3.33. The van der Waals surface area contributed by atoms with Gasteiger partial charge in [0, 0.05) is 22.0 Å². The van der Waals surface area contributed by atoms with Gasteiger partial charge in [-0.05, 0) is 54.6 Å². The number of rotatable bonds is 2. The van der Waals surface area contributed by atoms with Crippen LogP contribution in [0.5, 0.6) is 0 Å². The molecule has 0 radical (unpaired) electrons. The van der Waals surface area contributed by atoms with E-state index in [4.69, 9.17) is 11.6 Å². The van der Waals surface area contributed by atoms with Crippen LogP contribution in [0.3, 0.4) is 0 Å². The number of fused-ring (bicyclic) bond motifs is 1. The van der Waals surface area contributed by atoms with Crippen LogP contribution in [-0.2, 0) is 0 Å². The van der Waals surface area contributed by atoms with E-state index >= 15 is 0 Å². The van der Waals surface area contributed by atoms with Gasteiger partial charge in [-0.1, -0.05) is 11.6 Å². The summed E-state index contributed by atoms with van der Waals surface area (Å²) in [6.07, 6.45) is 2.89. The number of hydrogen-bond donors (Lipinski definition) is 0. The molecule has 2 heterocycles. The van der Waals surface area contributed by atoms with Crippen molar-refractivity contribution in [2.24, 2.45) is 0 Å². The number of halogens is 2. The first-order valence-electron chi connectivity index (χ1n) is 6.85. The van der Waals surface area contributed by atoms with Gasteiger partial charge in [-0.25, -0.2) is 19.3 Å². The van der Waals surface area contributed by atoms with Gasteiger partial charge in [0.25, 0.3) is 5.56 Å². The molecule has 0 aliphatic rings. The van der Waals surface area contributed by atoms with Crippen molar-refractivity contribution >= 4 is 45.4 Å². The quantitative estimate of drug-likeness (QED) is 0.572. The van der Waals surface area contributed by atoms with E-state index in [0.29, 0.717) is 10.7 Å². The molecule has 0 bridgehead atoms. The third-order valence-corrected chi connectivity index (χ3v) is 4.35. The maximum absolute atomic E-state index is 12.9. The summed E-state index contributed by atoms with van der Waals surface area (Å²) in [5.41, 5.74) is -0.269. The van der Waals surface area contributed by atoms with Gasteiger partial charge in [0.05, 0.1) is 10.7 Å². The molecule has 3 rings (SSSR count). The Morgan fingerprint density at radius 2 is 1.87 bits per heavy atom. The highest BCUT2D eigenvalue weighted by atomic mass is 127. The van der Waals surface area contributed by atoms with Crippen molar-refractivity contribution in [3.05, 3.63) is 60.0 Å². The molecular formula is C15H12ClIN4O2. The first-order valence-corrected chi connectivity index (χ1v) is 8.31. The molecule has 1 aromatic carbocycles. The summed E-state index contributed by atoms with van der Waals surface area (Å²) in [5, 5.41) is 0.328. The Bertz CT molecular complexity index is 1030. The Morgan fingerprint density at radius 1 is 1.17 bits per heavy atom. The van der Waals surface area contributed by atoms with Crippen LogP contribution in [0.1, 0.15) is 19.9 Å². The van der Waals surface area contributed by atoms with E-state index < -0.39 is 11.2 Å². The molecule has 0 aliphatic heterocycles. The highest BCUT2D eigenvalue weighted by Gasteiger charge is 2.19. The lowest BCUT2D eigenvalue weighted by atomic mass is 10.3. The summed E-state index contributed by atoms with van der Waals surface area (Å²) < 4.78 is 3.40. The normalized spacial score (nSPS) is 11.3. The van der Waals surface area contributed by atoms with E-state index in [1.165, 1.54) is 17.0 Å². The molecule has 0 saturated carbocycles. The molecule has 3 aromatic rings. The van der Waals surface area contributed by atoms with Crippen molar-refractivity contribution in [3.8, 4) is 5.69 Å². The topological polar surface area (TPSA) is 69.8 Å². The van der Waals surface area contributed by atoms with Crippen molar-refractivity contribution in [2.75, 3.05) is 0 Å². The van der Waals surface area contributed by atoms with E-state index in [2.05, 4.69) is 32.6 Å². The maximum atomic E-state index is 12.9. The van der Waals surface area contributed by atoms with E-state index in [1.54, 1.807) is 18.2 Å². The van der Waals surface area contributed by atoms with E-state index in [-0.39, 0.29) is 17.2 Å². The molecule has 0 N–H and O–H groups in total. The number of hydrogen-bond acceptors (Lipinski definition) is 4. The van der Waals surface area contributed by atoms with Crippen LogP contribution >= 0.6 is 34.2 Å². The molecule has 6 nitrogen and oxygen atoms in total. The molecule has 0 fully saturated rings. The zero-order valence-corrected chi connectivity index (χ0v) is 15.2. The number of nitrogens with zero attached hydrogens (tertiary/aromatic N) is 4. The molecule has 0 atom stereocenters. The Morgan fingerprint density at radius 3 is 2.52 bits per heavy atom. The van der Waals surface area contributed by atoms with Crippen molar-refractivity contribution in [1.29, 1.82) is 0 Å². The third kappa shape index (κ3) is 2.67. The Hall–Kier alpha value is -1.74. The molecule has 0 amide bonds. The average Bonchev–Trinajstić information content (AvgIpc) is 2.49. The first kappa shape index (κ1) is 16.1. The number of aromatic nitrogens is 4. The summed E-state index contributed by atoms with van der Waals surface area (Å²) in [7, 11) is 0. The smallest absolute Gasteiger partial charge is 0.273 e. The van der Waals surface area contributed by atoms with Gasteiger partial charge in [0.2, 0.25) is 0 Å². The molecular weight excluding hydrogens is 431 g/mol. The van der Waals surface area contributed by atoms with Gasteiger partial charge in [0.15, 0.2) is 11.2 Å². The van der Waals surface area contributed by atoms with Crippen molar-refractivity contribution < 1.29 is 0 Å². The minimum Gasteiger partial charge on any atom is -0.273 e. The summed E-state index contributed by atoms with van der Waals surface area (Å²) in [6, 6.07) is 4.95. The lowest BCUT2D eigenvalue weighted by Crippen LogP contribution is -2.40. The van der Waals surface area contributed by atoms with E-state index in [1.807, 2.05) is 13.8 Å². The largest absolute Gasteiger partial charge is 0.337 e. The van der Waals surface area contributed by atoms with Crippen LogP contribution in [0.4, 0.5) is 0 Å². The molecule has 118 valence electrons. The van der Waals surface area contributed by atoms with Crippen molar-refractivity contribution in [2.45, 2.75) is 19.9 Å². The van der Waals surface area contributed by atoms with Crippen molar-refractivity contribution in [3.63, 3.8) is 0 Å². The SMILES string of the molecule is CC(C)n1c(=O)n(-c2ccc(I)cc2Cl)c(=O)c2nccnc21. The summed E-state index contributed by atoms with van der Waals surface area (Å²) in [6.45, 7) is 3.69. The Balaban J connectivity index is 2.52. The molecule has 2 aromatic heterocycles. The van der Waals surface area contributed by atoms with E-state index in [0.717, 1.165) is 8.14 Å². The maximum Gasteiger partial charge on any atom is 0.337 e. The van der Waals surface area contributed by atoms with E-state index in [9.17, 15) is 9.59 Å². The highest BCUT2D eigenvalue weighted by Crippen LogP contribution is 2.21. The third-order valence-electron chi connectivity index (χ3n) is 3.38. The van der Waals surface area contributed by atoms with Crippen LogP contribution in [0.15, 0.2) is 40.2 Å². The minimum absolute atomic E-state index is 0.135. The Kier molecular flexibility index (Phi) is 4.24. The summed E-state index contributed by atoms with van der Waals surface area (Å²) in [5.74, 6) is 0. The van der Waals surface area contributed by atoms with Gasteiger partial charge < -0.3 is 0 Å². The Labute approximate surface area is 149 Å². The van der Waals surface area contributed by atoms with Crippen molar-refractivity contribution in [1.82, 2.24) is 19.1 Å². The van der Waals surface area contributed by atoms with Gasteiger partial charge in [-0.2, -0.15) is 0 Å². The lowest BCUT2D eigenvalue weighted by molar-refractivity contribution is 0.564. The molecule has 8 heteroatoms. The van der Waals surface area contributed by atoms with Crippen LogP contribution in [0.2, 0.25) is 5.02 Å². The monoisotopic (exact) mass is 442 g/mol. The molecule has 23 heavy (non-hydrogen) atoms.